The molecule has 2 atom stereocenters. The molecule has 1 fully saturated rings. The Kier molecular flexibility index (Phi) is 2.95. The molecular formula is C11H14ClNO3. The van der Waals surface area contributed by atoms with Crippen molar-refractivity contribution >= 4 is 17.5 Å². The Morgan fingerprint density at radius 3 is 2.94 bits per heavy atom. The van der Waals surface area contributed by atoms with Gasteiger partial charge in [-0.3, -0.25) is 4.79 Å². The summed E-state index contributed by atoms with van der Waals surface area (Å²) in [5, 5.41) is 3.06. The zero-order valence-corrected chi connectivity index (χ0v) is 10.0. The van der Waals surface area contributed by atoms with Crippen LogP contribution < -0.4 is 5.32 Å². The second kappa shape index (κ2) is 4.11. The van der Waals surface area contributed by atoms with E-state index in [0.29, 0.717) is 12.2 Å². The molecule has 1 aromatic rings. The second-order valence-corrected chi connectivity index (χ2v) is 4.59. The van der Waals surface area contributed by atoms with Crippen LogP contribution in [0, 0.1) is 0 Å². The number of furan rings is 1. The summed E-state index contributed by atoms with van der Waals surface area (Å²) in [6.07, 6.45) is 2.20. The maximum Gasteiger partial charge on any atom is 0.256 e. The van der Waals surface area contributed by atoms with Crippen LogP contribution in [-0.4, -0.2) is 24.2 Å². The minimum absolute atomic E-state index is 0.00197. The van der Waals surface area contributed by atoms with E-state index in [4.69, 9.17) is 20.8 Å². The van der Waals surface area contributed by atoms with E-state index < -0.39 is 0 Å². The van der Waals surface area contributed by atoms with Crippen molar-refractivity contribution < 1.29 is 13.9 Å². The Balaban J connectivity index is 2.11. The topological polar surface area (TPSA) is 51.5 Å². The van der Waals surface area contributed by atoms with E-state index in [1.165, 1.54) is 6.26 Å². The first kappa shape index (κ1) is 11.5. The van der Waals surface area contributed by atoms with Crippen molar-refractivity contribution in [1.82, 2.24) is 5.32 Å². The number of amides is 1. The first-order chi connectivity index (χ1) is 7.53. The van der Waals surface area contributed by atoms with Crippen molar-refractivity contribution in [3.05, 3.63) is 23.1 Å². The highest BCUT2D eigenvalue weighted by molar-refractivity contribution is 6.32. The average Bonchev–Trinajstić information content (AvgIpc) is 2.75. The zero-order chi connectivity index (χ0) is 11.8. The number of carbonyl (C=O) groups is 1. The van der Waals surface area contributed by atoms with Crippen molar-refractivity contribution in [2.24, 2.45) is 0 Å². The maximum atomic E-state index is 11.9. The van der Waals surface area contributed by atoms with E-state index >= 15 is 0 Å². The molecule has 2 rings (SSSR count). The number of rotatable bonds is 2. The zero-order valence-electron chi connectivity index (χ0n) is 9.25. The number of halogens is 1. The number of ether oxygens (including phenoxy) is 1. The summed E-state index contributed by atoms with van der Waals surface area (Å²) in [6, 6.07) is 1.56. The smallest absolute Gasteiger partial charge is 0.256 e. The summed E-state index contributed by atoms with van der Waals surface area (Å²) in [5.41, 5.74) is 0.0273. The second-order valence-electron chi connectivity index (χ2n) is 4.24. The third-order valence-electron chi connectivity index (χ3n) is 3.15. The summed E-state index contributed by atoms with van der Waals surface area (Å²) in [6.45, 7) is 4.58. The van der Waals surface area contributed by atoms with Gasteiger partial charge in [0.1, 0.15) is 0 Å². The van der Waals surface area contributed by atoms with E-state index in [1.54, 1.807) is 6.07 Å². The Bertz CT molecular complexity index is 404. The van der Waals surface area contributed by atoms with Crippen LogP contribution in [0.25, 0.3) is 0 Å². The van der Waals surface area contributed by atoms with Crippen molar-refractivity contribution in [2.45, 2.75) is 31.9 Å². The molecule has 88 valence electrons. The molecular weight excluding hydrogens is 230 g/mol. The lowest BCUT2D eigenvalue weighted by Crippen LogP contribution is -2.50. The predicted molar refractivity (Wildman–Crippen MR) is 59.6 cm³/mol. The standard InChI is InChI=1S/C11H14ClNO3/c1-7-11(2,4-6-15-7)13-10(14)8-3-5-16-9(8)12/h3,5,7H,4,6H2,1-2H3,(H,13,14). The van der Waals surface area contributed by atoms with Gasteiger partial charge in [-0.2, -0.15) is 0 Å². The van der Waals surface area contributed by atoms with E-state index in [9.17, 15) is 4.79 Å². The normalized spacial score (nSPS) is 29.3. The summed E-state index contributed by atoms with van der Waals surface area (Å²) in [5.74, 6) is -0.224. The van der Waals surface area contributed by atoms with Gasteiger partial charge in [0.2, 0.25) is 5.22 Å². The summed E-state index contributed by atoms with van der Waals surface area (Å²) in [7, 11) is 0. The van der Waals surface area contributed by atoms with Gasteiger partial charge < -0.3 is 14.5 Å². The largest absolute Gasteiger partial charge is 0.452 e. The number of carbonyl (C=O) groups excluding carboxylic acids is 1. The van der Waals surface area contributed by atoms with Crippen molar-refractivity contribution in [3.63, 3.8) is 0 Å². The van der Waals surface area contributed by atoms with Crippen molar-refractivity contribution in [3.8, 4) is 0 Å². The van der Waals surface area contributed by atoms with E-state index in [0.717, 1.165) is 6.42 Å². The molecule has 2 heterocycles. The summed E-state index contributed by atoms with van der Waals surface area (Å²) < 4.78 is 10.3. The van der Waals surface area contributed by atoms with Gasteiger partial charge >= 0.3 is 0 Å². The highest BCUT2D eigenvalue weighted by atomic mass is 35.5. The minimum atomic E-state index is -0.336. The fraction of sp³-hybridized carbons (Fsp3) is 0.545. The molecule has 16 heavy (non-hydrogen) atoms. The van der Waals surface area contributed by atoms with Crippen LogP contribution in [0.3, 0.4) is 0 Å². The van der Waals surface area contributed by atoms with Gasteiger partial charge in [0, 0.05) is 6.61 Å². The van der Waals surface area contributed by atoms with Gasteiger partial charge in [-0.25, -0.2) is 0 Å². The van der Waals surface area contributed by atoms with Crippen LogP contribution in [0.4, 0.5) is 0 Å². The highest BCUT2D eigenvalue weighted by Crippen LogP contribution is 2.26. The third-order valence-corrected chi connectivity index (χ3v) is 3.44. The van der Waals surface area contributed by atoms with E-state index in [1.807, 2.05) is 13.8 Å². The molecule has 0 spiro atoms. The lowest BCUT2D eigenvalue weighted by atomic mass is 9.94. The van der Waals surface area contributed by atoms with E-state index in [-0.39, 0.29) is 22.8 Å². The average molecular weight is 244 g/mol. The van der Waals surface area contributed by atoms with Gasteiger partial charge in [-0.05, 0) is 37.9 Å². The first-order valence-corrected chi connectivity index (χ1v) is 5.58. The van der Waals surface area contributed by atoms with Gasteiger partial charge in [0.05, 0.1) is 23.5 Å². The molecule has 1 amide bonds. The van der Waals surface area contributed by atoms with Crippen LogP contribution in [0.5, 0.6) is 0 Å². The van der Waals surface area contributed by atoms with Crippen LogP contribution in [0.1, 0.15) is 30.6 Å². The molecule has 0 radical (unpaired) electrons. The third kappa shape index (κ3) is 1.95. The predicted octanol–water partition coefficient (Wildman–Crippen LogP) is 2.23. The van der Waals surface area contributed by atoms with Crippen LogP contribution in [-0.2, 0) is 4.74 Å². The van der Waals surface area contributed by atoms with Crippen molar-refractivity contribution in [2.75, 3.05) is 6.61 Å². The molecule has 0 bridgehead atoms. The van der Waals surface area contributed by atoms with Gasteiger partial charge in [-0.1, -0.05) is 0 Å². The lowest BCUT2D eigenvalue weighted by molar-refractivity contribution is 0.0727. The molecule has 1 aliphatic heterocycles. The number of hydrogen-bond donors (Lipinski definition) is 1. The Morgan fingerprint density at radius 1 is 1.69 bits per heavy atom. The van der Waals surface area contributed by atoms with E-state index in [2.05, 4.69) is 5.32 Å². The monoisotopic (exact) mass is 243 g/mol. The molecule has 0 aromatic carbocycles. The summed E-state index contributed by atoms with van der Waals surface area (Å²) >= 11 is 5.74. The fourth-order valence-corrected chi connectivity index (χ4v) is 1.98. The van der Waals surface area contributed by atoms with Crippen LogP contribution >= 0.6 is 11.6 Å². The first-order valence-electron chi connectivity index (χ1n) is 5.20. The Hall–Kier alpha value is -1.00. The minimum Gasteiger partial charge on any atom is -0.452 e. The molecule has 1 aliphatic rings. The molecule has 1 aromatic heterocycles. The molecule has 1 N–H and O–H groups in total. The molecule has 0 aliphatic carbocycles. The highest BCUT2D eigenvalue weighted by Gasteiger charge is 2.38. The van der Waals surface area contributed by atoms with Crippen molar-refractivity contribution in [1.29, 1.82) is 0 Å². The molecule has 0 saturated carbocycles. The van der Waals surface area contributed by atoms with Crippen LogP contribution in [0.2, 0.25) is 5.22 Å². The van der Waals surface area contributed by atoms with Gasteiger partial charge in [-0.15, -0.1) is 0 Å². The SMILES string of the molecule is CC1OCCC1(C)NC(=O)c1ccoc1Cl. The molecule has 4 nitrogen and oxygen atoms in total. The maximum absolute atomic E-state index is 11.9. The quantitative estimate of drug-likeness (QED) is 0.867. The lowest BCUT2D eigenvalue weighted by Gasteiger charge is -2.28. The Labute approximate surface area is 98.9 Å². The number of hydrogen-bond acceptors (Lipinski definition) is 3. The van der Waals surface area contributed by atoms with Crippen LogP contribution in [0.15, 0.2) is 16.7 Å². The molecule has 5 heteroatoms. The molecule has 2 unspecified atom stereocenters. The van der Waals surface area contributed by atoms with Gasteiger partial charge in [0.15, 0.2) is 0 Å². The Morgan fingerprint density at radius 2 is 2.44 bits per heavy atom. The number of nitrogens with one attached hydrogen (secondary N) is 1. The van der Waals surface area contributed by atoms with Gasteiger partial charge in [0.25, 0.3) is 5.91 Å². The summed E-state index contributed by atoms with van der Waals surface area (Å²) in [4.78, 5) is 11.9. The fourth-order valence-electron chi connectivity index (χ4n) is 1.78. The molecule has 1 saturated heterocycles.